The molecule has 5 heteroatoms. The third-order valence-electron chi connectivity index (χ3n) is 3.47. The first-order valence-electron chi connectivity index (χ1n) is 7.01. The van der Waals surface area contributed by atoms with Crippen molar-refractivity contribution in [3.63, 3.8) is 0 Å². The highest BCUT2D eigenvalue weighted by Gasteiger charge is 2.18. The van der Waals surface area contributed by atoms with Crippen LogP contribution in [0.3, 0.4) is 0 Å². The van der Waals surface area contributed by atoms with Crippen molar-refractivity contribution in [2.45, 2.75) is 26.6 Å². The van der Waals surface area contributed by atoms with E-state index in [9.17, 15) is 4.79 Å². The molecule has 1 aliphatic rings. The van der Waals surface area contributed by atoms with E-state index < -0.39 is 0 Å². The fraction of sp³-hybridized carbons (Fsp3) is 0.250. The Kier molecular flexibility index (Phi) is 3.48. The predicted molar refractivity (Wildman–Crippen MR) is 82.6 cm³/mol. The van der Waals surface area contributed by atoms with Crippen molar-refractivity contribution in [1.29, 1.82) is 0 Å². The number of nitrogens with one attached hydrogen (secondary N) is 1. The minimum Gasteiger partial charge on any atom is -0.357 e. The van der Waals surface area contributed by atoms with Crippen LogP contribution in [0.4, 0.5) is 5.69 Å². The number of imidazole rings is 1. The Hall–Kier alpha value is -2.56. The Morgan fingerprint density at radius 3 is 2.76 bits per heavy atom. The number of nitrogens with zero attached hydrogens (tertiary/aromatic N) is 3. The van der Waals surface area contributed by atoms with E-state index in [0.29, 0.717) is 11.7 Å². The van der Waals surface area contributed by atoms with Crippen LogP contribution in [0.2, 0.25) is 0 Å². The number of carbonyl (C=O) groups is 1. The summed E-state index contributed by atoms with van der Waals surface area (Å²) in [5, 5.41) is 2.85. The highest BCUT2D eigenvalue weighted by Crippen LogP contribution is 2.16. The van der Waals surface area contributed by atoms with E-state index in [4.69, 9.17) is 0 Å². The molecule has 1 aromatic heterocycles. The Morgan fingerprint density at radius 2 is 2.05 bits per heavy atom. The molecule has 2 heterocycles. The summed E-state index contributed by atoms with van der Waals surface area (Å²) in [6, 6.07) is 9.81. The highest BCUT2D eigenvalue weighted by atomic mass is 16.1. The minimum absolute atomic E-state index is 0.187. The van der Waals surface area contributed by atoms with Gasteiger partial charge < -0.3 is 14.8 Å². The number of aromatic nitrogens is 2. The largest absolute Gasteiger partial charge is 0.357 e. The van der Waals surface area contributed by atoms with Gasteiger partial charge in [-0.15, -0.1) is 0 Å². The van der Waals surface area contributed by atoms with Crippen molar-refractivity contribution >= 4 is 17.7 Å². The van der Waals surface area contributed by atoms with Gasteiger partial charge in [0.2, 0.25) is 0 Å². The lowest BCUT2D eigenvalue weighted by Crippen LogP contribution is -2.30. The SMILES string of the molecule is CC(C)N1C=Cc2nc(C(=O)Nc3ccccc3)cn2C1. The zero-order valence-corrected chi connectivity index (χ0v) is 12.2. The molecule has 1 aliphatic heterocycles. The number of fused-ring (bicyclic) bond motifs is 1. The second kappa shape index (κ2) is 5.44. The summed E-state index contributed by atoms with van der Waals surface area (Å²) in [5.74, 6) is 0.623. The smallest absolute Gasteiger partial charge is 0.275 e. The van der Waals surface area contributed by atoms with Gasteiger partial charge in [-0.25, -0.2) is 4.98 Å². The maximum Gasteiger partial charge on any atom is 0.275 e. The molecule has 0 atom stereocenters. The van der Waals surface area contributed by atoms with E-state index in [2.05, 4.69) is 29.0 Å². The maximum absolute atomic E-state index is 12.2. The summed E-state index contributed by atoms with van der Waals surface area (Å²) in [6.07, 6.45) is 5.75. The van der Waals surface area contributed by atoms with Crippen LogP contribution in [-0.4, -0.2) is 26.4 Å². The van der Waals surface area contributed by atoms with E-state index in [1.807, 2.05) is 47.2 Å². The average Bonchev–Trinajstić information content (AvgIpc) is 2.91. The van der Waals surface area contributed by atoms with Gasteiger partial charge >= 0.3 is 0 Å². The standard InChI is InChI=1S/C16H18N4O/c1-12(2)19-9-8-15-18-14(10-20(15)11-19)16(21)17-13-6-4-3-5-7-13/h3-10,12H,11H2,1-2H3,(H,17,21). The van der Waals surface area contributed by atoms with Crippen LogP contribution >= 0.6 is 0 Å². The second-order valence-corrected chi connectivity index (χ2v) is 5.34. The molecule has 0 radical (unpaired) electrons. The summed E-state index contributed by atoms with van der Waals surface area (Å²) >= 11 is 0. The van der Waals surface area contributed by atoms with Gasteiger partial charge in [0.1, 0.15) is 11.5 Å². The van der Waals surface area contributed by atoms with E-state index >= 15 is 0 Å². The first-order valence-corrected chi connectivity index (χ1v) is 7.01. The third-order valence-corrected chi connectivity index (χ3v) is 3.47. The zero-order chi connectivity index (χ0) is 14.8. The number of hydrogen-bond acceptors (Lipinski definition) is 3. The molecule has 0 aliphatic carbocycles. The second-order valence-electron chi connectivity index (χ2n) is 5.34. The van der Waals surface area contributed by atoms with Crippen LogP contribution in [0.5, 0.6) is 0 Å². The highest BCUT2D eigenvalue weighted by molar-refractivity contribution is 6.02. The number of anilines is 1. The Labute approximate surface area is 123 Å². The van der Waals surface area contributed by atoms with Gasteiger partial charge in [-0.05, 0) is 32.1 Å². The lowest BCUT2D eigenvalue weighted by atomic mass is 10.3. The van der Waals surface area contributed by atoms with Crippen molar-refractivity contribution < 1.29 is 4.79 Å². The quantitative estimate of drug-likeness (QED) is 0.941. The molecule has 0 saturated heterocycles. The van der Waals surface area contributed by atoms with Crippen LogP contribution in [0.1, 0.15) is 30.2 Å². The van der Waals surface area contributed by atoms with Gasteiger partial charge in [0.05, 0.1) is 6.67 Å². The Morgan fingerprint density at radius 1 is 1.29 bits per heavy atom. The summed E-state index contributed by atoms with van der Waals surface area (Å²) < 4.78 is 1.99. The summed E-state index contributed by atoms with van der Waals surface area (Å²) in [6.45, 7) is 4.99. The molecule has 108 valence electrons. The number of carbonyl (C=O) groups excluding carboxylic acids is 1. The van der Waals surface area contributed by atoms with Gasteiger partial charge in [0.25, 0.3) is 5.91 Å². The molecule has 0 fully saturated rings. The number of rotatable bonds is 3. The lowest BCUT2D eigenvalue weighted by molar-refractivity contribution is 0.102. The zero-order valence-electron chi connectivity index (χ0n) is 12.2. The fourth-order valence-electron chi connectivity index (χ4n) is 2.22. The van der Waals surface area contributed by atoms with Crippen molar-refractivity contribution in [1.82, 2.24) is 14.5 Å². The van der Waals surface area contributed by atoms with Crippen LogP contribution in [0, 0.1) is 0 Å². The van der Waals surface area contributed by atoms with E-state index in [1.165, 1.54) is 0 Å². The minimum atomic E-state index is -0.187. The van der Waals surface area contributed by atoms with Gasteiger partial charge in [-0.1, -0.05) is 18.2 Å². The molecular weight excluding hydrogens is 264 g/mol. The third kappa shape index (κ3) is 2.81. The van der Waals surface area contributed by atoms with E-state index in [-0.39, 0.29) is 5.91 Å². The molecule has 21 heavy (non-hydrogen) atoms. The molecule has 2 aromatic rings. The maximum atomic E-state index is 12.2. The monoisotopic (exact) mass is 282 g/mol. The topological polar surface area (TPSA) is 50.2 Å². The molecule has 1 N–H and O–H groups in total. The lowest BCUT2D eigenvalue weighted by Gasteiger charge is -2.28. The van der Waals surface area contributed by atoms with Crippen LogP contribution < -0.4 is 5.32 Å². The number of benzene rings is 1. The summed E-state index contributed by atoms with van der Waals surface area (Å²) in [7, 11) is 0. The van der Waals surface area contributed by atoms with Crippen molar-refractivity contribution in [3.05, 3.63) is 54.2 Å². The van der Waals surface area contributed by atoms with Crippen LogP contribution in [0.15, 0.2) is 42.7 Å². The Balaban J connectivity index is 1.77. The molecule has 3 rings (SSSR count). The number of para-hydroxylation sites is 1. The molecule has 0 bridgehead atoms. The predicted octanol–water partition coefficient (Wildman–Crippen LogP) is 2.79. The normalized spacial score (nSPS) is 13.4. The van der Waals surface area contributed by atoms with Crippen LogP contribution in [0.25, 0.3) is 6.08 Å². The van der Waals surface area contributed by atoms with Crippen molar-refractivity contribution in [2.24, 2.45) is 0 Å². The van der Waals surface area contributed by atoms with Gasteiger partial charge in [-0.3, -0.25) is 4.79 Å². The molecule has 5 nitrogen and oxygen atoms in total. The van der Waals surface area contributed by atoms with E-state index in [1.54, 1.807) is 6.20 Å². The molecule has 0 unspecified atom stereocenters. The molecule has 0 spiro atoms. The number of amides is 1. The van der Waals surface area contributed by atoms with Crippen LogP contribution in [-0.2, 0) is 6.67 Å². The molecular formula is C16H18N4O. The number of hydrogen-bond donors (Lipinski definition) is 1. The first-order chi connectivity index (χ1) is 10.1. The van der Waals surface area contributed by atoms with Gasteiger partial charge in [0, 0.05) is 24.1 Å². The van der Waals surface area contributed by atoms with Gasteiger partial charge in [0.15, 0.2) is 0 Å². The first kappa shape index (κ1) is 13.4. The van der Waals surface area contributed by atoms with Gasteiger partial charge in [-0.2, -0.15) is 0 Å². The average molecular weight is 282 g/mol. The van der Waals surface area contributed by atoms with Crippen molar-refractivity contribution in [3.8, 4) is 0 Å². The molecule has 1 amide bonds. The summed E-state index contributed by atoms with van der Waals surface area (Å²) in [5.41, 5.74) is 1.21. The molecule has 0 saturated carbocycles. The Bertz CT molecular complexity index is 673. The van der Waals surface area contributed by atoms with Crippen molar-refractivity contribution in [2.75, 3.05) is 5.32 Å². The molecule has 1 aromatic carbocycles. The fourth-order valence-corrected chi connectivity index (χ4v) is 2.22. The summed E-state index contributed by atoms with van der Waals surface area (Å²) in [4.78, 5) is 18.8. The van der Waals surface area contributed by atoms with E-state index in [0.717, 1.165) is 18.2 Å².